The number of esters is 4. The third kappa shape index (κ3) is 7.44. The fourth-order valence-corrected chi connectivity index (χ4v) is 4.68. The van der Waals surface area contributed by atoms with Gasteiger partial charge in [0.1, 0.15) is 12.7 Å². The fourth-order valence-electron chi connectivity index (χ4n) is 3.39. The predicted octanol–water partition coefficient (Wildman–Crippen LogP) is 1.20. The van der Waals surface area contributed by atoms with Gasteiger partial charge in [0.25, 0.3) is 0 Å². The number of ether oxygens (including phenoxy) is 5. The van der Waals surface area contributed by atoms with Gasteiger partial charge in [0.05, 0.1) is 0 Å². The first-order valence-corrected chi connectivity index (χ1v) is 10.7. The van der Waals surface area contributed by atoms with E-state index in [9.17, 15) is 19.2 Å². The molecule has 2 heterocycles. The van der Waals surface area contributed by atoms with Crippen molar-refractivity contribution in [2.45, 2.75) is 76.8 Å². The highest BCUT2D eigenvalue weighted by Crippen LogP contribution is 2.36. The van der Waals surface area contributed by atoms with E-state index >= 15 is 0 Å². The molecule has 0 radical (unpaired) electrons. The van der Waals surface area contributed by atoms with Crippen LogP contribution in [0, 0.1) is 0 Å². The molecule has 2 fully saturated rings. The van der Waals surface area contributed by atoms with Crippen molar-refractivity contribution >= 4 is 35.8 Å². The maximum Gasteiger partial charge on any atom is 0.303 e. The van der Waals surface area contributed by atoms with E-state index in [1.54, 1.807) is 0 Å². The van der Waals surface area contributed by atoms with Gasteiger partial charge >= 0.3 is 23.9 Å². The molecule has 0 aromatic rings. The number of rotatable bonds is 7. The highest BCUT2D eigenvalue weighted by Gasteiger charge is 2.52. The lowest BCUT2D eigenvalue weighted by Crippen LogP contribution is -2.62. The van der Waals surface area contributed by atoms with Crippen molar-refractivity contribution in [2.24, 2.45) is 0 Å². The van der Waals surface area contributed by atoms with E-state index in [1.807, 2.05) is 0 Å². The summed E-state index contributed by atoms with van der Waals surface area (Å²) in [7, 11) is 0. The summed E-state index contributed by atoms with van der Waals surface area (Å²) in [6.45, 7) is 6.33. The predicted molar refractivity (Wildman–Crippen MR) is 105 cm³/mol. The van der Waals surface area contributed by atoms with E-state index in [0.717, 1.165) is 32.4 Å². The summed E-state index contributed by atoms with van der Waals surface area (Å²) in [5.41, 5.74) is -0.747. The Labute approximate surface area is 180 Å². The summed E-state index contributed by atoms with van der Waals surface area (Å²) in [6.07, 6.45) is -0.973. The molecule has 2 aliphatic rings. The number of carbonyl (C=O) groups is 4. The number of nitrogens with zero attached hydrogens (tertiary/aromatic N) is 1. The van der Waals surface area contributed by atoms with Gasteiger partial charge in [-0.25, -0.2) is 4.31 Å². The lowest BCUT2D eigenvalue weighted by atomic mass is 9.99. The van der Waals surface area contributed by atoms with Crippen molar-refractivity contribution in [2.75, 3.05) is 19.7 Å². The monoisotopic (exact) mass is 447 g/mol. The molecular weight excluding hydrogens is 418 g/mol. The van der Waals surface area contributed by atoms with Crippen LogP contribution in [0.2, 0.25) is 0 Å². The van der Waals surface area contributed by atoms with E-state index in [0.29, 0.717) is 0 Å². The normalized spacial score (nSPS) is 29.5. The van der Waals surface area contributed by atoms with Gasteiger partial charge in [0.2, 0.25) is 0 Å². The minimum absolute atomic E-state index is 0.213. The van der Waals surface area contributed by atoms with Crippen LogP contribution >= 0.6 is 11.9 Å². The highest BCUT2D eigenvalue weighted by molar-refractivity contribution is 7.97. The van der Waals surface area contributed by atoms with Crippen LogP contribution in [0.15, 0.2) is 0 Å². The molecule has 11 heteroatoms. The summed E-state index contributed by atoms with van der Waals surface area (Å²) in [5, 5.41) is 0. The van der Waals surface area contributed by atoms with Crippen LogP contribution in [0.5, 0.6) is 0 Å². The minimum atomic E-state index is -1.12. The quantitative estimate of drug-likeness (QED) is 0.318. The molecule has 2 saturated heterocycles. The van der Waals surface area contributed by atoms with Crippen molar-refractivity contribution in [1.29, 1.82) is 0 Å². The minimum Gasteiger partial charge on any atom is -0.463 e. The second kappa shape index (κ2) is 11.5. The second-order valence-corrected chi connectivity index (χ2v) is 8.35. The van der Waals surface area contributed by atoms with Gasteiger partial charge in [0, 0.05) is 40.8 Å². The SMILES string of the molecule is CC(=O)OC[C@H]1O[C@@H](SN2CCCCC2)[C@H](OC(C)=O)[C@@H](OC(C)=O)[C@H]1OC(C)=O. The third-order valence-electron chi connectivity index (χ3n) is 4.52. The van der Waals surface area contributed by atoms with Crippen molar-refractivity contribution < 1.29 is 42.9 Å². The molecule has 0 amide bonds. The number of piperidine rings is 1. The van der Waals surface area contributed by atoms with Gasteiger partial charge in [-0.1, -0.05) is 6.42 Å². The highest BCUT2D eigenvalue weighted by atomic mass is 32.2. The molecule has 0 bridgehead atoms. The molecule has 30 heavy (non-hydrogen) atoms. The largest absolute Gasteiger partial charge is 0.463 e. The number of hydrogen-bond acceptors (Lipinski definition) is 11. The molecular formula is C19H29NO9S. The van der Waals surface area contributed by atoms with E-state index in [2.05, 4.69) is 4.31 Å². The summed E-state index contributed by atoms with van der Waals surface area (Å²) >= 11 is 1.34. The van der Waals surface area contributed by atoms with Crippen LogP contribution in [-0.4, -0.2) is 77.7 Å². The van der Waals surface area contributed by atoms with E-state index in [-0.39, 0.29) is 6.61 Å². The van der Waals surface area contributed by atoms with Crippen molar-refractivity contribution in [3.63, 3.8) is 0 Å². The Bertz CT molecular complexity index is 637. The zero-order valence-corrected chi connectivity index (χ0v) is 18.5. The fraction of sp³-hybridized carbons (Fsp3) is 0.789. The second-order valence-electron chi connectivity index (χ2n) is 7.16. The van der Waals surface area contributed by atoms with Crippen LogP contribution < -0.4 is 0 Å². The molecule has 5 atom stereocenters. The first-order chi connectivity index (χ1) is 14.2. The molecule has 0 unspecified atom stereocenters. The Hall–Kier alpha value is -1.85. The van der Waals surface area contributed by atoms with Gasteiger partial charge < -0.3 is 23.7 Å². The third-order valence-corrected chi connectivity index (χ3v) is 5.77. The summed E-state index contributed by atoms with van der Waals surface area (Å²) in [4.78, 5) is 46.6. The number of hydrogen-bond donors (Lipinski definition) is 0. The molecule has 0 N–H and O–H groups in total. The van der Waals surface area contributed by atoms with Gasteiger partial charge in [-0.15, -0.1) is 0 Å². The average molecular weight is 448 g/mol. The smallest absolute Gasteiger partial charge is 0.303 e. The average Bonchev–Trinajstić information content (AvgIpc) is 2.64. The van der Waals surface area contributed by atoms with Crippen LogP contribution in [-0.2, 0) is 42.9 Å². The number of carbonyl (C=O) groups excluding carboxylic acids is 4. The molecule has 2 aliphatic heterocycles. The van der Waals surface area contributed by atoms with Crippen LogP contribution in [0.4, 0.5) is 0 Å². The Balaban J connectivity index is 2.34. The van der Waals surface area contributed by atoms with Gasteiger partial charge in [-0.05, 0) is 24.8 Å². The molecule has 0 saturated carbocycles. The van der Waals surface area contributed by atoms with Gasteiger partial charge in [-0.3, -0.25) is 19.2 Å². The molecule has 0 aliphatic carbocycles. The maximum atomic E-state index is 11.8. The Morgan fingerprint density at radius 2 is 1.33 bits per heavy atom. The lowest BCUT2D eigenvalue weighted by molar-refractivity contribution is -0.237. The molecule has 170 valence electrons. The zero-order chi connectivity index (χ0) is 22.3. The molecule has 0 aromatic heterocycles. The van der Waals surface area contributed by atoms with Crippen molar-refractivity contribution in [3.05, 3.63) is 0 Å². The Morgan fingerprint density at radius 1 is 0.800 bits per heavy atom. The van der Waals surface area contributed by atoms with E-state index in [1.165, 1.54) is 39.6 Å². The summed E-state index contributed by atoms with van der Waals surface area (Å²) in [5.74, 6) is -2.40. The van der Waals surface area contributed by atoms with E-state index in [4.69, 9.17) is 23.7 Å². The molecule has 0 aromatic carbocycles. The molecule has 0 spiro atoms. The van der Waals surface area contributed by atoms with Crippen LogP contribution in [0.3, 0.4) is 0 Å². The standard InChI is InChI=1S/C19H29NO9S/c1-11(21)25-10-15-16(26-12(2)22)17(27-13(3)23)18(28-14(4)24)19(29-15)30-20-8-6-5-7-9-20/h15-19H,5-10H2,1-4H3/t15-,16+,17+,18-,19+/m1/s1. The first-order valence-electron chi connectivity index (χ1n) is 9.89. The summed E-state index contributed by atoms with van der Waals surface area (Å²) in [6, 6.07) is 0. The topological polar surface area (TPSA) is 118 Å². The summed E-state index contributed by atoms with van der Waals surface area (Å²) < 4.78 is 29.5. The van der Waals surface area contributed by atoms with Gasteiger partial charge in [-0.2, -0.15) is 0 Å². The maximum absolute atomic E-state index is 11.8. The van der Waals surface area contributed by atoms with Gasteiger partial charge in [0.15, 0.2) is 23.7 Å². The zero-order valence-electron chi connectivity index (χ0n) is 17.7. The Morgan fingerprint density at radius 3 is 1.87 bits per heavy atom. The molecule has 2 rings (SSSR count). The van der Waals surface area contributed by atoms with Crippen LogP contribution in [0.25, 0.3) is 0 Å². The molecule has 10 nitrogen and oxygen atoms in total. The lowest BCUT2D eigenvalue weighted by Gasteiger charge is -2.45. The van der Waals surface area contributed by atoms with E-state index < -0.39 is 53.7 Å². The van der Waals surface area contributed by atoms with Crippen LogP contribution in [0.1, 0.15) is 47.0 Å². The Kier molecular flexibility index (Phi) is 9.37. The van der Waals surface area contributed by atoms with Crippen molar-refractivity contribution in [3.8, 4) is 0 Å². The van der Waals surface area contributed by atoms with Crippen molar-refractivity contribution in [1.82, 2.24) is 4.31 Å². The first kappa shape index (κ1) is 24.4.